The summed E-state index contributed by atoms with van der Waals surface area (Å²) in [7, 11) is 0. The topological polar surface area (TPSA) is 64.1 Å². The summed E-state index contributed by atoms with van der Waals surface area (Å²) >= 11 is 1.50. The van der Waals surface area contributed by atoms with Crippen molar-refractivity contribution in [2.75, 3.05) is 50.9 Å². The maximum absolute atomic E-state index is 13.2. The van der Waals surface area contributed by atoms with Gasteiger partial charge in [0.25, 0.3) is 0 Å². The van der Waals surface area contributed by atoms with Crippen molar-refractivity contribution in [3.05, 3.63) is 42.5 Å². The van der Waals surface area contributed by atoms with Gasteiger partial charge in [0.2, 0.25) is 5.91 Å². The fourth-order valence-corrected chi connectivity index (χ4v) is 4.60. The molecule has 1 aliphatic heterocycles. The van der Waals surface area contributed by atoms with Crippen LogP contribution in [0.1, 0.15) is 20.3 Å². The molecule has 0 N–H and O–H groups in total. The standard InChI is InChI=1S/C24H29N3O4S.ClH/c1-3-26(4-2)11-12-27(23(28)10-13-29-18-8-6-5-7-9-18)24-25-19-16-20-21(17-22(19)32-24)31-15-14-30-20;/h5-9,16-17H,3-4,10-15H2,1-2H3;1H. The number of carbonyl (C=O) groups excluding carboxylic acids is 1. The first-order chi connectivity index (χ1) is 15.7. The van der Waals surface area contributed by atoms with E-state index < -0.39 is 0 Å². The summed E-state index contributed by atoms with van der Waals surface area (Å²) < 4.78 is 18.1. The quantitative estimate of drug-likeness (QED) is 0.412. The minimum atomic E-state index is 0. The van der Waals surface area contributed by atoms with Gasteiger partial charge in [0, 0.05) is 25.2 Å². The molecular weight excluding hydrogens is 462 g/mol. The number of rotatable bonds is 10. The highest BCUT2D eigenvalue weighted by Gasteiger charge is 2.22. The smallest absolute Gasteiger partial charge is 0.232 e. The minimum absolute atomic E-state index is 0. The van der Waals surface area contributed by atoms with Crippen LogP contribution >= 0.6 is 23.7 Å². The van der Waals surface area contributed by atoms with E-state index in [-0.39, 0.29) is 24.7 Å². The van der Waals surface area contributed by atoms with Gasteiger partial charge in [0.15, 0.2) is 16.6 Å². The lowest BCUT2D eigenvalue weighted by atomic mass is 10.3. The van der Waals surface area contributed by atoms with Crippen molar-refractivity contribution in [3.63, 3.8) is 0 Å². The first-order valence-corrected chi connectivity index (χ1v) is 11.9. The van der Waals surface area contributed by atoms with Gasteiger partial charge in [-0.3, -0.25) is 9.69 Å². The molecule has 0 saturated carbocycles. The Morgan fingerprint density at radius 3 is 2.45 bits per heavy atom. The van der Waals surface area contributed by atoms with Crippen molar-refractivity contribution < 1.29 is 19.0 Å². The molecular formula is C24H30ClN3O4S. The molecule has 0 atom stereocenters. The zero-order valence-electron chi connectivity index (χ0n) is 19.0. The second kappa shape index (κ2) is 12.1. The molecule has 178 valence electrons. The van der Waals surface area contributed by atoms with E-state index in [0.29, 0.717) is 37.2 Å². The number of thiazole rings is 1. The van der Waals surface area contributed by atoms with Crippen LogP contribution in [0.5, 0.6) is 17.2 Å². The van der Waals surface area contributed by atoms with Gasteiger partial charge in [-0.05, 0) is 25.2 Å². The maximum Gasteiger partial charge on any atom is 0.232 e. The zero-order chi connectivity index (χ0) is 22.3. The first kappa shape index (κ1) is 25.1. The average Bonchev–Trinajstić information content (AvgIpc) is 3.23. The van der Waals surface area contributed by atoms with Crippen LogP contribution in [-0.4, -0.2) is 61.8 Å². The van der Waals surface area contributed by atoms with Crippen molar-refractivity contribution >= 4 is 45.0 Å². The number of hydrogen-bond donors (Lipinski definition) is 0. The third-order valence-corrected chi connectivity index (χ3v) is 6.48. The van der Waals surface area contributed by atoms with Crippen LogP contribution in [0.4, 0.5) is 5.13 Å². The van der Waals surface area contributed by atoms with Crippen LogP contribution in [-0.2, 0) is 4.79 Å². The molecule has 0 fully saturated rings. The Balaban J connectivity index is 0.00000306. The Hall–Kier alpha value is -2.55. The van der Waals surface area contributed by atoms with E-state index in [0.717, 1.165) is 41.3 Å². The summed E-state index contributed by atoms with van der Waals surface area (Å²) in [6, 6.07) is 13.4. The molecule has 1 amide bonds. The van der Waals surface area contributed by atoms with E-state index in [1.165, 1.54) is 11.3 Å². The van der Waals surface area contributed by atoms with Crippen molar-refractivity contribution in [2.24, 2.45) is 0 Å². The number of hydrogen-bond acceptors (Lipinski definition) is 7. The molecule has 1 aromatic heterocycles. The van der Waals surface area contributed by atoms with Gasteiger partial charge in [0.05, 0.1) is 23.2 Å². The highest BCUT2D eigenvalue weighted by atomic mass is 35.5. The number of aromatic nitrogens is 1. The van der Waals surface area contributed by atoms with E-state index in [9.17, 15) is 4.79 Å². The van der Waals surface area contributed by atoms with Crippen molar-refractivity contribution in [2.45, 2.75) is 20.3 Å². The highest BCUT2D eigenvalue weighted by molar-refractivity contribution is 7.22. The molecule has 9 heteroatoms. The van der Waals surface area contributed by atoms with Gasteiger partial charge in [0.1, 0.15) is 19.0 Å². The lowest BCUT2D eigenvalue weighted by molar-refractivity contribution is -0.119. The third kappa shape index (κ3) is 6.28. The molecule has 0 saturated heterocycles. The fraction of sp³-hybridized carbons (Fsp3) is 0.417. The zero-order valence-corrected chi connectivity index (χ0v) is 20.6. The average molecular weight is 492 g/mol. The predicted octanol–water partition coefficient (Wildman–Crippen LogP) is 4.63. The first-order valence-electron chi connectivity index (χ1n) is 11.1. The summed E-state index contributed by atoms with van der Waals surface area (Å²) in [6.07, 6.45) is 0.284. The van der Waals surface area contributed by atoms with Crippen LogP contribution in [0.15, 0.2) is 42.5 Å². The second-order valence-electron chi connectivity index (χ2n) is 7.44. The van der Waals surface area contributed by atoms with E-state index >= 15 is 0 Å². The van der Waals surface area contributed by atoms with Crippen molar-refractivity contribution in [1.29, 1.82) is 0 Å². The van der Waals surface area contributed by atoms with Gasteiger partial charge in [-0.1, -0.05) is 43.4 Å². The van der Waals surface area contributed by atoms with Gasteiger partial charge < -0.3 is 19.1 Å². The molecule has 4 rings (SSSR count). The van der Waals surface area contributed by atoms with E-state index in [1.807, 2.05) is 42.5 Å². The normalized spacial score (nSPS) is 12.5. The van der Waals surface area contributed by atoms with E-state index in [4.69, 9.17) is 19.2 Å². The fourth-order valence-electron chi connectivity index (χ4n) is 3.58. The Morgan fingerprint density at radius 1 is 1.06 bits per heavy atom. The molecule has 3 aromatic rings. The third-order valence-electron chi connectivity index (χ3n) is 5.44. The summed E-state index contributed by atoms with van der Waals surface area (Å²) in [5.74, 6) is 2.21. The molecule has 2 aromatic carbocycles. The van der Waals surface area contributed by atoms with Crippen LogP contribution < -0.4 is 19.1 Å². The summed E-state index contributed by atoms with van der Waals surface area (Å²) in [5, 5.41) is 0.694. The molecule has 7 nitrogen and oxygen atoms in total. The van der Waals surface area contributed by atoms with Gasteiger partial charge in [-0.15, -0.1) is 12.4 Å². The number of anilines is 1. The molecule has 33 heavy (non-hydrogen) atoms. The monoisotopic (exact) mass is 491 g/mol. The van der Waals surface area contributed by atoms with Crippen LogP contribution in [0.3, 0.4) is 0 Å². The number of amides is 1. The van der Waals surface area contributed by atoms with Crippen molar-refractivity contribution in [1.82, 2.24) is 9.88 Å². The number of fused-ring (bicyclic) bond motifs is 2. The Morgan fingerprint density at radius 2 is 1.76 bits per heavy atom. The number of ether oxygens (including phenoxy) is 3. The molecule has 0 unspecified atom stereocenters. The summed E-state index contributed by atoms with van der Waals surface area (Å²) in [4.78, 5) is 22.1. The minimum Gasteiger partial charge on any atom is -0.493 e. The van der Waals surface area contributed by atoms with E-state index in [1.54, 1.807) is 4.90 Å². The number of para-hydroxylation sites is 1. The molecule has 2 heterocycles. The van der Waals surface area contributed by atoms with Crippen molar-refractivity contribution in [3.8, 4) is 17.2 Å². The largest absolute Gasteiger partial charge is 0.493 e. The summed E-state index contributed by atoms with van der Waals surface area (Å²) in [5.41, 5.74) is 0.815. The highest BCUT2D eigenvalue weighted by Crippen LogP contribution is 2.38. The van der Waals surface area contributed by atoms with Crippen LogP contribution in [0, 0.1) is 0 Å². The molecule has 0 bridgehead atoms. The summed E-state index contributed by atoms with van der Waals surface area (Å²) in [6.45, 7) is 8.91. The maximum atomic E-state index is 13.2. The molecule has 0 aliphatic carbocycles. The Labute approximate surface area is 204 Å². The number of carbonyl (C=O) groups is 1. The lowest BCUT2D eigenvalue weighted by Gasteiger charge is -2.24. The molecule has 1 aliphatic rings. The second-order valence-corrected chi connectivity index (χ2v) is 8.45. The number of likely N-dealkylation sites (N-methyl/N-ethyl adjacent to an activating group) is 1. The number of nitrogens with zero attached hydrogens (tertiary/aromatic N) is 3. The van der Waals surface area contributed by atoms with E-state index in [2.05, 4.69) is 18.7 Å². The SMILES string of the molecule is CCN(CC)CCN(C(=O)CCOc1ccccc1)c1nc2cc3c(cc2s1)OCCO3.Cl. The molecule has 0 radical (unpaired) electrons. The lowest BCUT2D eigenvalue weighted by Crippen LogP contribution is -2.39. The Bertz CT molecular complexity index is 1000. The molecule has 0 spiro atoms. The number of benzene rings is 2. The van der Waals surface area contributed by atoms with Gasteiger partial charge in [-0.2, -0.15) is 0 Å². The van der Waals surface area contributed by atoms with Crippen LogP contribution in [0.25, 0.3) is 10.2 Å². The van der Waals surface area contributed by atoms with Crippen LogP contribution in [0.2, 0.25) is 0 Å². The predicted molar refractivity (Wildman–Crippen MR) is 135 cm³/mol. The Kier molecular flexibility index (Phi) is 9.17. The number of halogens is 1. The van der Waals surface area contributed by atoms with Gasteiger partial charge >= 0.3 is 0 Å². The van der Waals surface area contributed by atoms with Gasteiger partial charge in [-0.25, -0.2) is 4.98 Å².